The summed E-state index contributed by atoms with van der Waals surface area (Å²) in [7, 11) is 0. The van der Waals surface area contributed by atoms with E-state index in [1.807, 2.05) is 0 Å². The second-order valence-corrected chi connectivity index (χ2v) is 9.05. The van der Waals surface area contributed by atoms with Crippen LogP contribution < -0.4 is 9.47 Å². The molecule has 2 atom stereocenters. The van der Waals surface area contributed by atoms with E-state index in [0.717, 1.165) is 53.4 Å². The van der Waals surface area contributed by atoms with Crippen molar-refractivity contribution >= 4 is 0 Å². The van der Waals surface area contributed by atoms with Gasteiger partial charge in [-0.25, -0.2) is 0 Å². The highest BCUT2D eigenvalue weighted by Gasteiger charge is 2.22. The highest BCUT2D eigenvalue weighted by Crippen LogP contribution is 2.29. The van der Waals surface area contributed by atoms with E-state index in [9.17, 15) is 0 Å². The molecule has 2 aromatic rings. The van der Waals surface area contributed by atoms with Crippen LogP contribution in [0, 0.1) is 27.7 Å². The molecule has 2 aliphatic rings. The van der Waals surface area contributed by atoms with Gasteiger partial charge >= 0.3 is 0 Å². The van der Waals surface area contributed by atoms with E-state index in [-0.39, 0.29) is 0 Å². The third-order valence-electron chi connectivity index (χ3n) is 5.81. The Morgan fingerprint density at radius 2 is 1.00 bits per heavy atom. The van der Waals surface area contributed by atoms with Gasteiger partial charge in [0.15, 0.2) is 0 Å². The highest BCUT2D eigenvalue weighted by molar-refractivity contribution is 5.47. The van der Waals surface area contributed by atoms with E-state index in [2.05, 4.69) is 52.0 Å². The minimum absolute atomic E-state index is 0.294. The maximum atomic E-state index is 6.00. The minimum Gasteiger partial charge on any atom is -0.491 e. The average Bonchev–Trinajstić information content (AvgIpc) is 3.66. The van der Waals surface area contributed by atoms with Crippen molar-refractivity contribution in [2.45, 2.75) is 46.3 Å². The van der Waals surface area contributed by atoms with Crippen LogP contribution in [0.5, 0.6) is 11.5 Å². The lowest BCUT2D eigenvalue weighted by Crippen LogP contribution is -2.11. The van der Waals surface area contributed by atoms with Gasteiger partial charge in [-0.1, -0.05) is 24.3 Å². The number of ether oxygens (including phenoxy) is 6. The van der Waals surface area contributed by atoms with Gasteiger partial charge in [0.25, 0.3) is 0 Å². The third-order valence-corrected chi connectivity index (χ3v) is 5.81. The Balaban J connectivity index is 1.29. The first-order chi connectivity index (χ1) is 16.0. The Labute approximate surface area is 197 Å². The van der Waals surface area contributed by atoms with E-state index in [1.54, 1.807) is 0 Å². The van der Waals surface area contributed by atoms with Crippen LogP contribution in [-0.2, 0) is 25.4 Å². The molecule has 0 aromatic heterocycles. The average molecular weight is 457 g/mol. The Morgan fingerprint density at radius 1 is 0.636 bits per heavy atom. The molecule has 6 nitrogen and oxygen atoms in total. The first-order valence-electron chi connectivity index (χ1n) is 11.8. The number of hydrogen-bond donors (Lipinski definition) is 0. The van der Waals surface area contributed by atoms with Crippen molar-refractivity contribution in [1.82, 2.24) is 0 Å². The predicted molar refractivity (Wildman–Crippen MR) is 127 cm³/mol. The summed E-state index contributed by atoms with van der Waals surface area (Å²) < 4.78 is 33.4. The predicted octanol–water partition coefficient (Wildman–Crippen LogP) is 4.10. The molecule has 2 unspecified atom stereocenters. The van der Waals surface area contributed by atoms with Gasteiger partial charge in [-0.2, -0.15) is 0 Å². The van der Waals surface area contributed by atoms with Gasteiger partial charge in [0, 0.05) is 0 Å². The summed E-state index contributed by atoms with van der Waals surface area (Å²) in [4.78, 5) is 0. The maximum absolute atomic E-state index is 6.00. The van der Waals surface area contributed by atoms with Crippen LogP contribution in [0.2, 0.25) is 0 Å². The molecule has 4 rings (SSSR count). The molecule has 6 heteroatoms. The lowest BCUT2D eigenvalue weighted by Gasteiger charge is -2.16. The lowest BCUT2D eigenvalue weighted by molar-refractivity contribution is 0.0874. The third kappa shape index (κ3) is 7.44. The van der Waals surface area contributed by atoms with Crippen LogP contribution in [0.15, 0.2) is 24.3 Å². The van der Waals surface area contributed by atoms with Crippen molar-refractivity contribution in [2.75, 3.05) is 52.9 Å². The molecule has 2 fully saturated rings. The second kappa shape index (κ2) is 11.3. The Kier molecular flexibility index (Phi) is 8.25. The first kappa shape index (κ1) is 24.0. The van der Waals surface area contributed by atoms with Crippen molar-refractivity contribution in [3.8, 4) is 11.5 Å². The zero-order valence-electron chi connectivity index (χ0n) is 20.3. The zero-order valence-corrected chi connectivity index (χ0v) is 20.3. The molecule has 180 valence electrons. The summed E-state index contributed by atoms with van der Waals surface area (Å²) in [6, 6.07) is 8.88. The SMILES string of the molecule is Cc1cc(Cc2cc(C)c(OCCOCC3CO3)c(C)c2)cc(C)c1OCCOCC1CO1. The summed E-state index contributed by atoms with van der Waals surface area (Å²) in [5.74, 6) is 1.91. The lowest BCUT2D eigenvalue weighted by atomic mass is 9.97. The number of rotatable bonds is 14. The maximum Gasteiger partial charge on any atom is 0.125 e. The Bertz CT molecular complexity index is 811. The van der Waals surface area contributed by atoms with Crippen LogP contribution in [-0.4, -0.2) is 65.1 Å². The molecule has 0 spiro atoms. The summed E-state index contributed by atoms with van der Waals surface area (Å²) in [6.45, 7) is 13.6. The molecule has 2 aromatic carbocycles. The highest BCUT2D eigenvalue weighted by atomic mass is 16.6. The Hall–Kier alpha value is -2.12. The van der Waals surface area contributed by atoms with Crippen LogP contribution in [0.25, 0.3) is 0 Å². The molecule has 2 saturated heterocycles. The van der Waals surface area contributed by atoms with Gasteiger partial charge in [0.1, 0.15) is 36.9 Å². The summed E-state index contributed by atoms with van der Waals surface area (Å²) in [6.07, 6.45) is 1.46. The molecular weight excluding hydrogens is 420 g/mol. The number of benzene rings is 2. The summed E-state index contributed by atoms with van der Waals surface area (Å²) >= 11 is 0. The standard InChI is InChI=1S/C27H36O6/c1-18-9-22(10-19(2)26(18)30-7-5-28-14-24-16-32-24)13-23-11-20(3)27(21(4)12-23)31-8-6-29-15-25-17-33-25/h9-12,24-25H,5-8,13-17H2,1-4H3. The van der Waals surface area contributed by atoms with Gasteiger partial charge < -0.3 is 28.4 Å². The molecule has 0 radical (unpaired) electrons. The van der Waals surface area contributed by atoms with Crippen LogP contribution in [0.1, 0.15) is 33.4 Å². The fourth-order valence-corrected chi connectivity index (χ4v) is 4.14. The monoisotopic (exact) mass is 456 g/mol. The fraction of sp³-hybridized carbons (Fsp3) is 0.556. The molecule has 0 aliphatic carbocycles. The van der Waals surface area contributed by atoms with Crippen molar-refractivity contribution in [1.29, 1.82) is 0 Å². The molecule has 0 saturated carbocycles. The van der Waals surface area contributed by atoms with E-state index in [4.69, 9.17) is 28.4 Å². The van der Waals surface area contributed by atoms with Gasteiger partial charge in [-0.3, -0.25) is 0 Å². The first-order valence-corrected chi connectivity index (χ1v) is 11.8. The smallest absolute Gasteiger partial charge is 0.125 e. The molecule has 0 bridgehead atoms. The van der Waals surface area contributed by atoms with E-state index in [0.29, 0.717) is 51.8 Å². The minimum atomic E-state index is 0.294. The Morgan fingerprint density at radius 3 is 1.33 bits per heavy atom. The normalized spacial score (nSPS) is 18.9. The van der Waals surface area contributed by atoms with Crippen molar-refractivity contribution in [2.24, 2.45) is 0 Å². The van der Waals surface area contributed by atoms with Gasteiger partial charge in [0.05, 0.1) is 39.6 Å². The van der Waals surface area contributed by atoms with Gasteiger partial charge in [-0.05, 0) is 67.5 Å². The van der Waals surface area contributed by atoms with Crippen LogP contribution in [0.4, 0.5) is 0 Å². The molecule has 2 heterocycles. The van der Waals surface area contributed by atoms with E-state index >= 15 is 0 Å². The van der Waals surface area contributed by atoms with Crippen LogP contribution in [0.3, 0.4) is 0 Å². The quantitative estimate of drug-likeness (QED) is 0.315. The molecule has 0 N–H and O–H groups in total. The largest absolute Gasteiger partial charge is 0.491 e. The van der Waals surface area contributed by atoms with Crippen molar-refractivity contribution < 1.29 is 28.4 Å². The molecule has 2 aliphatic heterocycles. The number of aryl methyl sites for hydroxylation is 4. The number of hydrogen-bond acceptors (Lipinski definition) is 6. The molecule has 0 amide bonds. The summed E-state index contributed by atoms with van der Waals surface area (Å²) in [5.41, 5.74) is 7.17. The molecule has 33 heavy (non-hydrogen) atoms. The van der Waals surface area contributed by atoms with Gasteiger partial charge in [0.2, 0.25) is 0 Å². The fourth-order valence-electron chi connectivity index (χ4n) is 4.14. The zero-order chi connectivity index (χ0) is 23.2. The van der Waals surface area contributed by atoms with Crippen molar-refractivity contribution in [3.05, 3.63) is 57.6 Å². The second-order valence-electron chi connectivity index (χ2n) is 9.05. The van der Waals surface area contributed by atoms with Gasteiger partial charge in [-0.15, -0.1) is 0 Å². The number of epoxide rings is 2. The topological polar surface area (TPSA) is 62.0 Å². The van der Waals surface area contributed by atoms with Crippen molar-refractivity contribution in [3.63, 3.8) is 0 Å². The van der Waals surface area contributed by atoms with E-state index < -0.39 is 0 Å². The molecular formula is C27H36O6. The van der Waals surface area contributed by atoms with E-state index in [1.165, 1.54) is 11.1 Å². The summed E-state index contributed by atoms with van der Waals surface area (Å²) in [5, 5.41) is 0. The van der Waals surface area contributed by atoms with Crippen LogP contribution >= 0.6 is 0 Å².